The fourth-order valence-electron chi connectivity index (χ4n) is 2.99. The van der Waals surface area contributed by atoms with E-state index in [9.17, 15) is 18.7 Å². The Hall–Kier alpha value is -1.45. The third-order valence-electron chi connectivity index (χ3n) is 4.15. The van der Waals surface area contributed by atoms with Crippen LogP contribution < -0.4 is 0 Å². The van der Waals surface area contributed by atoms with Crippen molar-refractivity contribution in [2.75, 3.05) is 0 Å². The first-order chi connectivity index (χ1) is 9.01. The van der Waals surface area contributed by atoms with Crippen LogP contribution in [0.15, 0.2) is 12.1 Å². The van der Waals surface area contributed by atoms with E-state index in [1.54, 1.807) is 6.92 Å². The minimum atomic E-state index is -1.18. The second-order valence-corrected chi connectivity index (χ2v) is 5.22. The standard InChI is InChI=1S/C15H18F2O2/c1-2-10-8-11(13(17)9-12(10)16)15(14(18)19)6-4-3-5-7-15/h8-9H,2-7H2,1H3,(H,18,19). The number of aliphatic carboxylic acids is 1. The molecule has 0 saturated heterocycles. The Morgan fingerprint density at radius 2 is 1.84 bits per heavy atom. The van der Waals surface area contributed by atoms with Crippen LogP contribution in [-0.2, 0) is 16.6 Å². The predicted octanol–water partition coefficient (Wildman–Crippen LogP) is 3.81. The molecule has 0 amide bonds. The molecule has 104 valence electrons. The second-order valence-electron chi connectivity index (χ2n) is 5.22. The lowest BCUT2D eigenvalue weighted by molar-refractivity contribution is -0.145. The monoisotopic (exact) mass is 268 g/mol. The molecule has 1 aliphatic rings. The van der Waals surface area contributed by atoms with Gasteiger partial charge in [-0.15, -0.1) is 0 Å². The third kappa shape index (κ3) is 2.36. The van der Waals surface area contributed by atoms with E-state index in [1.165, 1.54) is 6.07 Å². The first-order valence-electron chi connectivity index (χ1n) is 6.73. The van der Waals surface area contributed by atoms with Crippen molar-refractivity contribution >= 4 is 5.97 Å². The highest BCUT2D eigenvalue weighted by atomic mass is 19.1. The normalized spacial score (nSPS) is 18.3. The quantitative estimate of drug-likeness (QED) is 0.905. The highest BCUT2D eigenvalue weighted by molar-refractivity contribution is 5.81. The van der Waals surface area contributed by atoms with Gasteiger partial charge in [0.15, 0.2) is 0 Å². The van der Waals surface area contributed by atoms with Crippen molar-refractivity contribution in [2.24, 2.45) is 0 Å². The molecule has 1 N–H and O–H groups in total. The van der Waals surface area contributed by atoms with Crippen LogP contribution in [0.4, 0.5) is 8.78 Å². The summed E-state index contributed by atoms with van der Waals surface area (Å²) in [4.78, 5) is 11.7. The summed E-state index contributed by atoms with van der Waals surface area (Å²) in [6, 6.07) is 2.23. The molecular formula is C15H18F2O2. The van der Waals surface area contributed by atoms with Gasteiger partial charge in [-0.05, 0) is 30.9 Å². The van der Waals surface area contributed by atoms with Crippen molar-refractivity contribution in [3.05, 3.63) is 34.9 Å². The van der Waals surface area contributed by atoms with Crippen LogP contribution in [0.2, 0.25) is 0 Å². The summed E-state index contributed by atoms with van der Waals surface area (Å²) < 4.78 is 27.6. The summed E-state index contributed by atoms with van der Waals surface area (Å²) in [5, 5.41) is 9.54. The molecule has 0 aromatic heterocycles. The fourth-order valence-corrected chi connectivity index (χ4v) is 2.99. The molecule has 1 aromatic rings. The summed E-state index contributed by atoms with van der Waals surface area (Å²) in [5.41, 5.74) is -0.652. The van der Waals surface area contributed by atoms with Gasteiger partial charge in [0.2, 0.25) is 0 Å². The van der Waals surface area contributed by atoms with Crippen molar-refractivity contribution < 1.29 is 18.7 Å². The molecule has 4 heteroatoms. The molecule has 0 bridgehead atoms. The second kappa shape index (κ2) is 5.27. The van der Waals surface area contributed by atoms with E-state index in [4.69, 9.17) is 0 Å². The summed E-state index contributed by atoms with van der Waals surface area (Å²) >= 11 is 0. The highest BCUT2D eigenvalue weighted by Gasteiger charge is 2.43. The largest absolute Gasteiger partial charge is 0.481 e. The van der Waals surface area contributed by atoms with Crippen LogP contribution in [0.5, 0.6) is 0 Å². The van der Waals surface area contributed by atoms with Gasteiger partial charge in [-0.1, -0.05) is 26.2 Å². The molecule has 2 rings (SSSR count). The number of aryl methyl sites for hydroxylation is 1. The molecule has 0 aliphatic heterocycles. The van der Waals surface area contributed by atoms with Crippen molar-refractivity contribution in [2.45, 2.75) is 50.9 Å². The lowest BCUT2D eigenvalue weighted by atomic mass is 9.69. The van der Waals surface area contributed by atoms with Gasteiger partial charge < -0.3 is 5.11 Å². The van der Waals surface area contributed by atoms with Crippen LogP contribution in [-0.4, -0.2) is 11.1 Å². The maximum atomic E-state index is 14.1. The van der Waals surface area contributed by atoms with E-state index < -0.39 is 23.0 Å². The van der Waals surface area contributed by atoms with Crippen LogP contribution in [0.1, 0.15) is 50.2 Å². The minimum absolute atomic E-state index is 0.151. The number of carboxylic acids is 1. The summed E-state index contributed by atoms with van der Waals surface area (Å²) in [5.74, 6) is -2.33. The smallest absolute Gasteiger partial charge is 0.314 e. The molecule has 1 saturated carbocycles. The van der Waals surface area contributed by atoms with E-state index >= 15 is 0 Å². The molecule has 0 spiro atoms. The molecule has 1 aromatic carbocycles. The Labute approximate surface area is 111 Å². The van der Waals surface area contributed by atoms with Gasteiger partial charge in [-0.3, -0.25) is 4.79 Å². The van der Waals surface area contributed by atoms with Crippen molar-refractivity contribution in [3.63, 3.8) is 0 Å². The molecule has 0 atom stereocenters. The lowest BCUT2D eigenvalue weighted by Gasteiger charge is -2.34. The van der Waals surface area contributed by atoms with Crippen molar-refractivity contribution in [1.82, 2.24) is 0 Å². The van der Waals surface area contributed by atoms with Gasteiger partial charge in [0, 0.05) is 11.6 Å². The Bertz CT molecular complexity index is 491. The summed E-state index contributed by atoms with van der Waals surface area (Å²) in [6.07, 6.45) is 3.78. The predicted molar refractivity (Wildman–Crippen MR) is 68.1 cm³/mol. The lowest BCUT2D eigenvalue weighted by Crippen LogP contribution is -2.38. The number of halogens is 2. The van der Waals surface area contributed by atoms with Gasteiger partial charge in [0.05, 0.1) is 5.41 Å². The van der Waals surface area contributed by atoms with Gasteiger partial charge >= 0.3 is 5.97 Å². The number of hydrogen-bond acceptors (Lipinski definition) is 1. The van der Waals surface area contributed by atoms with Crippen LogP contribution in [0, 0.1) is 11.6 Å². The average molecular weight is 268 g/mol. The zero-order valence-electron chi connectivity index (χ0n) is 11.0. The van der Waals surface area contributed by atoms with Gasteiger partial charge in [-0.2, -0.15) is 0 Å². The van der Waals surface area contributed by atoms with Gasteiger partial charge in [-0.25, -0.2) is 8.78 Å². The topological polar surface area (TPSA) is 37.3 Å². The average Bonchev–Trinajstić information content (AvgIpc) is 2.39. The SMILES string of the molecule is CCc1cc(C2(C(=O)O)CCCCC2)c(F)cc1F. The Morgan fingerprint density at radius 3 is 2.37 bits per heavy atom. The fraction of sp³-hybridized carbons (Fsp3) is 0.533. The third-order valence-corrected chi connectivity index (χ3v) is 4.15. The van der Waals surface area contributed by atoms with E-state index in [0.29, 0.717) is 24.8 Å². The van der Waals surface area contributed by atoms with E-state index in [1.807, 2.05) is 0 Å². The van der Waals surface area contributed by atoms with Crippen LogP contribution >= 0.6 is 0 Å². The van der Waals surface area contributed by atoms with Gasteiger partial charge in [0.1, 0.15) is 11.6 Å². The molecule has 1 fully saturated rings. The Balaban J connectivity index is 2.56. The van der Waals surface area contributed by atoms with Crippen LogP contribution in [0.3, 0.4) is 0 Å². The van der Waals surface area contributed by atoms with Crippen molar-refractivity contribution in [1.29, 1.82) is 0 Å². The number of carbonyl (C=O) groups is 1. The molecule has 0 unspecified atom stereocenters. The number of rotatable bonds is 3. The molecule has 0 heterocycles. The number of benzene rings is 1. The Kier molecular flexibility index (Phi) is 3.88. The maximum absolute atomic E-state index is 14.1. The molecule has 1 aliphatic carbocycles. The molecular weight excluding hydrogens is 250 g/mol. The molecule has 2 nitrogen and oxygen atoms in total. The summed E-state index contributed by atoms with van der Waals surface area (Å²) in [7, 11) is 0. The first-order valence-corrected chi connectivity index (χ1v) is 6.73. The number of hydrogen-bond donors (Lipinski definition) is 1. The first kappa shape index (κ1) is 14.0. The van der Waals surface area contributed by atoms with E-state index in [-0.39, 0.29) is 5.56 Å². The Morgan fingerprint density at radius 1 is 1.21 bits per heavy atom. The highest BCUT2D eigenvalue weighted by Crippen LogP contribution is 2.41. The van der Waals surface area contributed by atoms with Crippen LogP contribution in [0.25, 0.3) is 0 Å². The van der Waals surface area contributed by atoms with Crippen molar-refractivity contribution in [3.8, 4) is 0 Å². The minimum Gasteiger partial charge on any atom is -0.481 e. The van der Waals surface area contributed by atoms with E-state index in [0.717, 1.165) is 25.3 Å². The van der Waals surface area contributed by atoms with Gasteiger partial charge in [0.25, 0.3) is 0 Å². The molecule has 0 radical (unpaired) electrons. The maximum Gasteiger partial charge on any atom is 0.314 e. The van der Waals surface area contributed by atoms with E-state index in [2.05, 4.69) is 0 Å². The number of carboxylic acid groups (broad SMARTS) is 1. The zero-order chi connectivity index (χ0) is 14.0. The summed E-state index contributed by atoms with van der Waals surface area (Å²) in [6.45, 7) is 1.77. The zero-order valence-corrected chi connectivity index (χ0v) is 11.0. The molecule has 19 heavy (non-hydrogen) atoms.